The number of nitrogens with zero attached hydrogens (tertiary/aromatic N) is 2. The number of hydrazine groups is 1. The lowest BCUT2D eigenvalue weighted by atomic mass is 10.3. The Morgan fingerprint density at radius 3 is 1.89 bits per heavy atom. The number of ketones is 1. The maximum Gasteiger partial charge on any atom is 0.170 e. The van der Waals surface area contributed by atoms with Gasteiger partial charge in [0, 0.05) is 6.54 Å². The second-order valence-corrected chi connectivity index (χ2v) is 4.32. The minimum absolute atomic E-state index is 0.167. The molecule has 0 saturated carbocycles. The van der Waals surface area contributed by atoms with Crippen molar-refractivity contribution in [2.75, 3.05) is 13.1 Å². The van der Waals surface area contributed by atoms with E-state index in [9.17, 15) is 4.79 Å². The maximum atomic E-state index is 9.44. The number of hydrogen-bond donors (Lipinski definition) is 3. The summed E-state index contributed by atoms with van der Waals surface area (Å²) < 4.78 is 0. The highest BCUT2D eigenvalue weighted by atomic mass is 16.3. The number of nitrogens with two attached hydrogens (primary N) is 1. The molecule has 0 atom stereocenters. The summed E-state index contributed by atoms with van der Waals surface area (Å²) >= 11 is 0. The minimum Gasteiger partial charge on any atom is -0.368 e. The molecule has 0 aromatic rings. The monoisotopic (exact) mass is 262 g/mol. The number of azo groups is 1. The number of carbonyl (C=O) groups is 1. The Kier molecular flexibility index (Phi) is 20.0. The van der Waals surface area contributed by atoms with Gasteiger partial charge >= 0.3 is 0 Å². The Balaban J connectivity index is -0.000000212. The Bertz CT molecular complexity index is 195. The first-order chi connectivity index (χ1) is 8.21. The normalized spacial score (nSPS) is 10.2. The standard InChI is InChI=1S/C6H14N2O.C3H10N2.C3H6O/c1-4-5-7-8-6(2,3)9;1-2-3-5-4;1-3(2)4/h9H,4-5H2,1-3H3;5H,2-4H2,1H3;1-2H3/b8-7+;;. The van der Waals surface area contributed by atoms with E-state index in [0.29, 0.717) is 6.54 Å². The molecule has 0 saturated heterocycles. The molecule has 0 heterocycles. The van der Waals surface area contributed by atoms with Crippen LogP contribution in [0.5, 0.6) is 0 Å². The average Bonchev–Trinajstić information content (AvgIpc) is 2.17. The summed E-state index contributed by atoms with van der Waals surface area (Å²) in [6, 6.07) is 0. The van der Waals surface area contributed by atoms with Gasteiger partial charge in [-0.1, -0.05) is 13.8 Å². The van der Waals surface area contributed by atoms with Crippen molar-refractivity contribution in [3.63, 3.8) is 0 Å². The molecule has 0 aromatic carbocycles. The Morgan fingerprint density at radius 1 is 1.28 bits per heavy atom. The molecule has 6 heteroatoms. The van der Waals surface area contributed by atoms with Gasteiger partial charge in [0.2, 0.25) is 0 Å². The summed E-state index contributed by atoms with van der Waals surface area (Å²) in [5.74, 6) is 5.06. The molecule has 0 bridgehead atoms. The highest BCUT2D eigenvalue weighted by Gasteiger charge is 2.07. The molecule has 0 rings (SSSR count). The van der Waals surface area contributed by atoms with Crippen molar-refractivity contribution in [2.24, 2.45) is 16.1 Å². The summed E-state index contributed by atoms with van der Waals surface area (Å²) in [6.07, 6.45) is 2.08. The van der Waals surface area contributed by atoms with Gasteiger partial charge in [-0.25, -0.2) is 0 Å². The lowest BCUT2D eigenvalue weighted by Crippen LogP contribution is -2.21. The van der Waals surface area contributed by atoms with Crippen LogP contribution in [-0.2, 0) is 4.79 Å². The molecule has 18 heavy (non-hydrogen) atoms. The molecule has 0 spiro atoms. The van der Waals surface area contributed by atoms with Gasteiger partial charge in [0.15, 0.2) is 5.72 Å². The van der Waals surface area contributed by atoms with Crippen molar-refractivity contribution in [2.45, 2.75) is 60.1 Å². The second kappa shape index (κ2) is 16.1. The predicted octanol–water partition coefficient (Wildman–Crippen LogP) is 2.03. The fourth-order valence-corrected chi connectivity index (χ4v) is 0.467. The fourth-order valence-electron chi connectivity index (χ4n) is 0.467. The number of carbonyl (C=O) groups excluding carboxylic acids is 1. The van der Waals surface area contributed by atoms with E-state index in [1.807, 2.05) is 6.92 Å². The van der Waals surface area contributed by atoms with E-state index in [4.69, 9.17) is 10.9 Å². The van der Waals surface area contributed by atoms with Crippen LogP contribution in [0, 0.1) is 0 Å². The van der Waals surface area contributed by atoms with Crippen molar-refractivity contribution in [1.29, 1.82) is 0 Å². The van der Waals surface area contributed by atoms with Gasteiger partial charge in [-0.2, -0.15) is 10.2 Å². The van der Waals surface area contributed by atoms with Crippen molar-refractivity contribution >= 4 is 5.78 Å². The first-order valence-corrected chi connectivity index (χ1v) is 6.22. The molecule has 0 unspecified atom stereocenters. The quantitative estimate of drug-likeness (QED) is 0.401. The second-order valence-electron chi connectivity index (χ2n) is 4.32. The van der Waals surface area contributed by atoms with E-state index in [1.165, 1.54) is 13.8 Å². The van der Waals surface area contributed by atoms with E-state index < -0.39 is 5.72 Å². The fraction of sp³-hybridized carbons (Fsp3) is 0.917. The molecule has 0 aliphatic rings. The molecule has 0 aliphatic carbocycles. The summed E-state index contributed by atoms with van der Waals surface area (Å²) in [4.78, 5) is 9.44. The van der Waals surface area contributed by atoms with E-state index in [0.717, 1.165) is 19.4 Å². The number of hydrogen-bond acceptors (Lipinski definition) is 6. The highest BCUT2D eigenvalue weighted by molar-refractivity contribution is 5.72. The topological polar surface area (TPSA) is 100 Å². The number of Topliss-reactive ketones (excluding diaryl/α,β-unsaturated/α-hetero) is 1. The van der Waals surface area contributed by atoms with Gasteiger partial charge in [0.1, 0.15) is 5.78 Å². The zero-order valence-electron chi connectivity index (χ0n) is 12.7. The first kappa shape index (κ1) is 22.3. The number of nitrogens with one attached hydrogen (secondary N) is 1. The lowest BCUT2D eigenvalue weighted by molar-refractivity contribution is -0.114. The van der Waals surface area contributed by atoms with E-state index >= 15 is 0 Å². The predicted molar refractivity (Wildman–Crippen MR) is 75.1 cm³/mol. The van der Waals surface area contributed by atoms with E-state index in [2.05, 4.69) is 22.6 Å². The van der Waals surface area contributed by atoms with Gasteiger partial charge in [0.25, 0.3) is 0 Å². The van der Waals surface area contributed by atoms with Crippen LogP contribution in [0.15, 0.2) is 10.2 Å². The lowest BCUT2D eigenvalue weighted by Gasteiger charge is -2.06. The van der Waals surface area contributed by atoms with Crippen LogP contribution < -0.4 is 11.3 Å². The minimum atomic E-state index is -0.991. The SMILES string of the molecule is CC(C)=O.CCC/N=N/C(C)(C)O.CCCNN. The summed E-state index contributed by atoms with van der Waals surface area (Å²) in [5, 5.41) is 16.3. The molecule has 6 nitrogen and oxygen atoms in total. The molecular weight excluding hydrogens is 232 g/mol. The number of rotatable bonds is 5. The first-order valence-electron chi connectivity index (χ1n) is 6.22. The molecule has 0 radical (unpaired) electrons. The van der Waals surface area contributed by atoms with Crippen LogP contribution in [0.4, 0.5) is 0 Å². The molecule has 0 fully saturated rings. The highest BCUT2D eigenvalue weighted by Crippen LogP contribution is 2.02. The van der Waals surface area contributed by atoms with E-state index in [1.54, 1.807) is 13.8 Å². The van der Waals surface area contributed by atoms with E-state index in [-0.39, 0.29) is 5.78 Å². The molecule has 0 aliphatic heterocycles. The van der Waals surface area contributed by atoms with Crippen LogP contribution in [0.25, 0.3) is 0 Å². The van der Waals surface area contributed by atoms with Crippen LogP contribution >= 0.6 is 0 Å². The third kappa shape index (κ3) is 59.3. The van der Waals surface area contributed by atoms with Crippen LogP contribution in [0.1, 0.15) is 54.4 Å². The molecule has 110 valence electrons. The van der Waals surface area contributed by atoms with Gasteiger partial charge in [0.05, 0.1) is 6.54 Å². The van der Waals surface area contributed by atoms with Gasteiger partial charge in [-0.15, -0.1) is 0 Å². The molecule has 4 N–H and O–H groups in total. The average molecular weight is 262 g/mol. The van der Waals surface area contributed by atoms with Crippen molar-refractivity contribution < 1.29 is 9.90 Å². The van der Waals surface area contributed by atoms with Gasteiger partial charge < -0.3 is 9.90 Å². The van der Waals surface area contributed by atoms with Crippen molar-refractivity contribution in [3.8, 4) is 0 Å². The summed E-state index contributed by atoms with van der Waals surface area (Å²) in [5.41, 5.74) is 1.53. The summed E-state index contributed by atoms with van der Waals surface area (Å²) in [6.45, 7) is 12.0. The third-order valence-electron chi connectivity index (χ3n) is 1.03. The van der Waals surface area contributed by atoms with Crippen molar-refractivity contribution in [3.05, 3.63) is 0 Å². The van der Waals surface area contributed by atoms with Crippen LogP contribution in [0.3, 0.4) is 0 Å². The maximum absolute atomic E-state index is 9.44. The Hall–Kier alpha value is -0.850. The van der Waals surface area contributed by atoms with Crippen LogP contribution in [0.2, 0.25) is 0 Å². The Labute approximate surface area is 111 Å². The van der Waals surface area contributed by atoms with Gasteiger partial charge in [-0.05, 0) is 40.5 Å². The van der Waals surface area contributed by atoms with Crippen LogP contribution in [-0.4, -0.2) is 29.7 Å². The van der Waals surface area contributed by atoms with Crippen molar-refractivity contribution in [1.82, 2.24) is 5.43 Å². The molecule has 0 aromatic heterocycles. The largest absolute Gasteiger partial charge is 0.368 e. The molecular formula is C12H30N4O2. The zero-order chi connectivity index (χ0) is 15.0. The number of aliphatic hydroxyl groups is 1. The zero-order valence-corrected chi connectivity index (χ0v) is 12.7. The summed E-state index contributed by atoms with van der Waals surface area (Å²) in [7, 11) is 0. The smallest absolute Gasteiger partial charge is 0.170 e. The third-order valence-corrected chi connectivity index (χ3v) is 1.03. The molecule has 0 amide bonds. The Morgan fingerprint density at radius 2 is 1.72 bits per heavy atom. The van der Waals surface area contributed by atoms with Gasteiger partial charge in [-0.3, -0.25) is 11.3 Å².